The number of anilines is 3. The van der Waals surface area contributed by atoms with Crippen LogP contribution in [0.15, 0.2) is 42.6 Å². The summed E-state index contributed by atoms with van der Waals surface area (Å²) >= 11 is 6.30. The Kier molecular flexibility index (Phi) is 6.55. The SMILES string of the molecule is C1CC1.Cc1ccc2c(c1)Nc1c(cnn1C)CN2C(=O)c1ccc(CNC(=O)O)c(Cl)c1. The van der Waals surface area contributed by atoms with Crippen molar-refractivity contribution in [2.24, 2.45) is 7.05 Å². The number of benzene rings is 2. The normalized spacial score (nSPS) is 13.5. The summed E-state index contributed by atoms with van der Waals surface area (Å²) in [5, 5.41) is 19.1. The van der Waals surface area contributed by atoms with Crippen molar-refractivity contribution in [1.82, 2.24) is 15.1 Å². The molecule has 1 aliphatic carbocycles. The second-order valence-electron chi connectivity index (χ2n) is 8.20. The second-order valence-corrected chi connectivity index (χ2v) is 8.61. The molecular formula is C24H26ClN5O3. The van der Waals surface area contributed by atoms with Crippen LogP contribution in [0.4, 0.5) is 22.0 Å². The van der Waals surface area contributed by atoms with Gasteiger partial charge in [-0.15, -0.1) is 0 Å². The van der Waals surface area contributed by atoms with Crippen molar-refractivity contribution in [3.8, 4) is 0 Å². The van der Waals surface area contributed by atoms with Crippen molar-refractivity contribution in [3.05, 3.63) is 69.9 Å². The van der Waals surface area contributed by atoms with Gasteiger partial charge in [0.2, 0.25) is 0 Å². The minimum absolute atomic E-state index is 0.0669. The maximum atomic E-state index is 13.4. The van der Waals surface area contributed by atoms with Crippen molar-refractivity contribution < 1.29 is 14.7 Å². The van der Waals surface area contributed by atoms with E-state index >= 15 is 0 Å². The molecule has 2 amide bonds. The van der Waals surface area contributed by atoms with Gasteiger partial charge < -0.3 is 20.6 Å². The van der Waals surface area contributed by atoms with Gasteiger partial charge in [-0.1, -0.05) is 43.0 Å². The Balaban J connectivity index is 0.000000799. The summed E-state index contributed by atoms with van der Waals surface area (Å²) in [6.07, 6.45) is 5.11. The van der Waals surface area contributed by atoms with E-state index in [1.165, 1.54) is 19.3 Å². The highest BCUT2D eigenvalue weighted by Gasteiger charge is 2.27. The summed E-state index contributed by atoms with van der Waals surface area (Å²) in [5.74, 6) is 0.628. The highest BCUT2D eigenvalue weighted by molar-refractivity contribution is 6.32. The number of halogens is 1. The Labute approximate surface area is 197 Å². The van der Waals surface area contributed by atoms with E-state index in [1.807, 2.05) is 32.2 Å². The number of hydrogen-bond donors (Lipinski definition) is 3. The molecule has 5 rings (SSSR count). The zero-order chi connectivity index (χ0) is 23.5. The first-order valence-electron chi connectivity index (χ1n) is 10.8. The molecule has 3 N–H and O–H groups in total. The van der Waals surface area contributed by atoms with Crippen LogP contribution in [0.2, 0.25) is 5.02 Å². The van der Waals surface area contributed by atoms with Crippen LogP contribution in [0.25, 0.3) is 0 Å². The molecule has 1 aliphatic heterocycles. The highest BCUT2D eigenvalue weighted by Crippen LogP contribution is 2.37. The smallest absolute Gasteiger partial charge is 0.404 e. The van der Waals surface area contributed by atoms with Gasteiger partial charge in [-0.3, -0.25) is 9.48 Å². The Morgan fingerprint density at radius 2 is 1.94 bits per heavy atom. The van der Waals surface area contributed by atoms with Gasteiger partial charge >= 0.3 is 6.09 Å². The fourth-order valence-corrected chi connectivity index (χ4v) is 3.71. The Morgan fingerprint density at radius 1 is 1.18 bits per heavy atom. The summed E-state index contributed by atoms with van der Waals surface area (Å²) in [7, 11) is 1.85. The van der Waals surface area contributed by atoms with Crippen LogP contribution in [0.5, 0.6) is 0 Å². The Bertz CT molecular complexity index is 1200. The monoisotopic (exact) mass is 467 g/mol. The Hall–Kier alpha value is -3.52. The molecule has 8 nitrogen and oxygen atoms in total. The first-order valence-corrected chi connectivity index (χ1v) is 11.2. The van der Waals surface area contributed by atoms with E-state index in [9.17, 15) is 9.59 Å². The van der Waals surface area contributed by atoms with E-state index in [2.05, 4.69) is 15.7 Å². The number of nitrogens with one attached hydrogen (secondary N) is 2. The van der Waals surface area contributed by atoms with Gasteiger partial charge in [-0.05, 0) is 42.3 Å². The maximum absolute atomic E-state index is 13.4. The summed E-state index contributed by atoms with van der Waals surface area (Å²) in [5.41, 5.74) is 4.55. The zero-order valence-corrected chi connectivity index (χ0v) is 19.3. The lowest BCUT2D eigenvalue weighted by atomic mass is 10.1. The minimum Gasteiger partial charge on any atom is -0.465 e. The van der Waals surface area contributed by atoms with Crippen molar-refractivity contribution >= 4 is 40.8 Å². The molecule has 2 heterocycles. The molecule has 1 fully saturated rings. The van der Waals surface area contributed by atoms with Crippen LogP contribution in [-0.4, -0.2) is 26.9 Å². The van der Waals surface area contributed by atoms with Gasteiger partial charge in [0.15, 0.2) is 0 Å². The third-order valence-corrected chi connectivity index (χ3v) is 5.72. The van der Waals surface area contributed by atoms with Gasteiger partial charge in [0.05, 0.1) is 24.1 Å². The van der Waals surface area contributed by atoms with Crippen LogP contribution < -0.4 is 15.5 Å². The molecule has 3 aromatic rings. The third kappa shape index (κ3) is 5.28. The lowest BCUT2D eigenvalue weighted by molar-refractivity contribution is 0.0985. The van der Waals surface area contributed by atoms with Crippen molar-refractivity contribution in [2.75, 3.05) is 10.2 Å². The quantitative estimate of drug-likeness (QED) is 0.490. The summed E-state index contributed by atoms with van der Waals surface area (Å²) in [6.45, 7) is 2.41. The molecule has 0 spiro atoms. The molecule has 2 aromatic carbocycles. The average Bonchev–Trinajstić information content (AvgIpc) is 3.63. The van der Waals surface area contributed by atoms with Gasteiger partial charge in [0.25, 0.3) is 5.91 Å². The number of fused-ring (bicyclic) bond motifs is 2. The maximum Gasteiger partial charge on any atom is 0.404 e. The zero-order valence-electron chi connectivity index (χ0n) is 18.6. The number of rotatable bonds is 3. The molecule has 0 bridgehead atoms. The summed E-state index contributed by atoms with van der Waals surface area (Å²) in [6, 6.07) is 10.8. The number of aromatic nitrogens is 2. The van der Waals surface area contributed by atoms with Crippen molar-refractivity contribution in [2.45, 2.75) is 39.3 Å². The molecule has 33 heavy (non-hydrogen) atoms. The highest BCUT2D eigenvalue weighted by atomic mass is 35.5. The first-order chi connectivity index (χ1) is 15.8. The van der Waals surface area contributed by atoms with Gasteiger partial charge in [-0.2, -0.15) is 5.10 Å². The number of carbonyl (C=O) groups is 2. The molecule has 172 valence electrons. The average molecular weight is 468 g/mol. The van der Waals surface area contributed by atoms with Gasteiger partial charge in [-0.25, -0.2) is 4.79 Å². The van der Waals surface area contributed by atoms with Gasteiger partial charge in [0.1, 0.15) is 5.82 Å². The summed E-state index contributed by atoms with van der Waals surface area (Å²) in [4.78, 5) is 25.9. The predicted octanol–water partition coefficient (Wildman–Crippen LogP) is 5.22. The first kappa shape index (κ1) is 22.7. The largest absolute Gasteiger partial charge is 0.465 e. The van der Waals surface area contributed by atoms with E-state index < -0.39 is 6.09 Å². The summed E-state index contributed by atoms with van der Waals surface area (Å²) < 4.78 is 1.75. The number of hydrogen-bond acceptors (Lipinski definition) is 4. The number of amides is 2. The van der Waals surface area contributed by atoms with E-state index in [0.29, 0.717) is 22.7 Å². The fourth-order valence-electron chi connectivity index (χ4n) is 3.46. The lowest BCUT2D eigenvalue weighted by Crippen LogP contribution is -2.30. The standard InChI is InChI=1S/C21H20ClN5O3.C3H6/c1-12-3-6-18-17(7-12)25-19-15(10-24-26(19)2)11-27(18)20(28)13-4-5-14(16(22)8-13)9-23-21(29)30;1-2-3-1/h3-8,10,23,25H,9,11H2,1-2H3,(H,29,30);1-3H2. The number of aryl methyl sites for hydroxylation is 2. The number of carbonyl (C=O) groups excluding carboxylic acids is 1. The fraction of sp³-hybridized carbons (Fsp3) is 0.292. The van der Waals surface area contributed by atoms with Crippen LogP contribution in [-0.2, 0) is 20.1 Å². The van der Waals surface area contributed by atoms with E-state index in [4.69, 9.17) is 16.7 Å². The molecule has 9 heteroatoms. The van der Waals surface area contributed by atoms with Crippen molar-refractivity contribution in [3.63, 3.8) is 0 Å². The minimum atomic E-state index is -1.14. The van der Waals surface area contributed by atoms with E-state index in [1.54, 1.807) is 34.0 Å². The Morgan fingerprint density at radius 3 is 2.61 bits per heavy atom. The molecule has 0 atom stereocenters. The van der Waals surface area contributed by atoms with Gasteiger partial charge in [0, 0.05) is 29.7 Å². The van der Waals surface area contributed by atoms with Crippen LogP contribution in [0.1, 0.15) is 46.3 Å². The molecule has 0 unspecified atom stereocenters. The van der Waals surface area contributed by atoms with Crippen LogP contribution in [0, 0.1) is 6.92 Å². The van der Waals surface area contributed by atoms with E-state index in [0.717, 1.165) is 28.3 Å². The molecule has 2 aliphatic rings. The lowest BCUT2D eigenvalue weighted by Gasteiger charge is -2.23. The van der Waals surface area contributed by atoms with E-state index in [-0.39, 0.29) is 12.5 Å². The third-order valence-electron chi connectivity index (χ3n) is 5.37. The van der Waals surface area contributed by atoms with Crippen LogP contribution >= 0.6 is 11.6 Å². The molecule has 1 saturated carbocycles. The molecule has 0 radical (unpaired) electrons. The molecular weight excluding hydrogens is 442 g/mol. The second kappa shape index (κ2) is 9.54. The molecule has 0 saturated heterocycles. The van der Waals surface area contributed by atoms with Crippen LogP contribution in [0.3, 0.4) is 0 Å². The predicted molar refractivity (Wildman–Crippen MR) is 128 cm³/mol. The number of carboxylic acid groups (broad SMARTS) is 1. The topological polar surface area (TPSA) is 99.5 Å². The number of nitrogens with zero attached hydrogens (tertiary/aromatic N) is 3. The molecule has 1 aromatic heterocycles. The van der Waals surface area contributed by atoms with Crippen molar-refractivity contribution in [1.29, 1.82) is 0 Å².